The molecule has 0 aliphatic heterocycles. The zero-order valence-corrected chi connectivity index (χ0v) is 12.1. The lowest BCUT2D eigenvalue weighted by molar-refractivity contribution is 0.0312. The van der Waals surface area contributed by atoms with Crippen molar-refractivity contribution in [2.24, 2.45) is 0 Å². The molecule has 0 heterocycles. The number of carbonyl (C=O) groups is 1. The first kappa shape index (κ1) is 15.5. The van der Waals surface area contributed by atoms with E-state index >= 15 is 0 Å². The van der Waals surface area contributed by atoms with E-state index in [0.29, 0.717) is 31.0 Å². The van der Waals surface area contributed by atoms with Crippen LogP contribution in [0.1, 0.15) is 38.1 Å². The number of para-hydroxylation sites is 1. The standard InChI is InChI=1S/C15H23NO3/c1-5-16(11-15(3,4)18)14(17)12-9-7-8-10-13(12)19-6-2/h7-10,18H,5-6,11H2,1-4H3. The number of hydrogen-bond acceptors (Lipinski definition) is 3. The van der Waals surface area contributed by atoms with Crippen LogP contribution in [0.4, 0.5) is 0 Å². The molecule has 0 aliphatic carbocycles. The topological polar surface area (TPSA) is 49.8 Å². The van der Waals surface area contributed by atoms with E-state index in [-0.39, 0.29) is 5.91 Å². The fourth-order valence-corrected chi connectivity index (χ4v) is 1.89. The van der Waals surface area contributed by atoms with Gasteiger partial charge in [0.1, 0.15) is 5.75 Å². The largest absolute Gasteiger partial charge is 0.493 e. The van der Waals surface area contributed by atoms with Gasteiger partial charge < -0.3 is 14.7 Å². The Morgan fingerprint density at radius 2 is 1.95 bits per heavy atom. The third-order valence-electron chi connectivity index (χ3n) is 2.66. The summed E-state index contributed by atoms with van der Waals surface area (Å²) in [5, 5.41) is 9.86. The highest BCUT2D eigenvalue weighted by atomic mass is 16.5. The first-order chi connectivity index (χ1) is 8.89. The van der Waals surface area contributed by atoms with Crippen molar-refractivity contribution in [3.63, 3.8) is 0 Å². The van der Waals surface area contributed by atoms with E-state index in [9.17, 15) is 9.90 Å². The number of benzene rings is 1. The van der Waals surface area contributed by atoms with E-state index in [1.54, 1.807) is 30.9 Å². The predicted octanol–water partition coefficient (Wildman–Crippen LogP) is 2.32. The third-order valence-corrected chi connectivity index (χ3v) is 2.66. The van der Waals surface area contributed by atoms with Crippen molar-refractivity contribution < 1.29 is 14.6 Å². The van der Waals surface area contributed by atoms with E-state index < -0.39 is 5.60 Å². The second-order valence-corrected chi connectivity index (χ2v) is 5.06. The van der Waals surface area contributed by atoms with Crippen LogP contribution in [0.15, 0.2) is 24.3 Å². The highest BCUT2D eigenvalue weighted by Gasteiger charge is 2.24. The van der Waals surface area contributed by atoms with Crippen molar-refractivity contribution in [3.05, 3.63) is 29.8 Å². The third kappa shape index (κ3) is 4.56. The summed E-state index contributed by atoms with van der Waals surface area (Å²) >= 11 is 0. The number of amides is 1. The van der Waals surface area contributed by atoms with Crippen LogP contribution in [0, 0.1) is 0 Å². The van der Waals surface area contributed by atoms with Crippen LogP contribution in [0.25, 0.3) is 0 Å². The highest BCUT2D eigenvalue weighted by Crippen LogP contribution is 2.20. The molecule has 0 bridgehead atoms. The van der Waals surface area contributed by atoms with Crippen LogP contribution in [0.5, 0.6) is 5.75 Å². The molecule has 1 rings (SSSR count). The number of carbonyl (C=O) groups excluding carboxylic acids is 1. The number of hydrogen-bond donors (Lipinski definition) is 1. The van der Waals surface area contributed by atoms with Crippen molar-refractivity contribution in [1.82, 2.24) is 4.90 Å². The van der Waals surface area contributed by atoms with Gasteiger partial charge in [-0.15, -0.1) is 0 Å². The maximum Gasteiger partial charge on any atom is 0.257 e. The summed E-state index contributed by atoms with van der Waals surface area (Å²) in [5.41, 5.74) is -0.373. The summed E-state index contributed by atoms with van der Waals surface area (Å²) in [7, 11) is 0. The molecular weight excluding hydrogens is 242 g/mol. The van der Waals surface area contributed by atoms with Crippen LogP contribution >= 0.6 is 0 Å². The number of ether oxygens (including phenoxy) is 1. The molecule has 106 valence electrons. The lowest BCUT2D eigenvalue weighted by atomic mass is 10.1. The Morgan fingerprint density at radius 3 is 2.47 bits per heavy atom. The molecule has 0 aliphatic rings. The minimum absolute atomic E-state index is 0.117. The van der Waals surface area contributed by atoms with Gasteiger partial charge in [-0.3, -0.25) is 4.79 Å². The van der Waals surface area contributed by atoms with Gasteiger partial charge in [-0.1, -0.05) is 12.1 Å². The van der Waals surface area contributed by atoms with Crippen molar-refractivity contribution >= 4 is 5.91 Å². The van der Waals surface area contributed by atoms with Crippen LogP contribution in [0.3, 0.4) is 0 Å². The molecule has 1 aromatic rings. The Labute approximate surface area is 115 Å². The van der Waals surface area contributed by atoms with E-state index in [4.69, 9.17) is 4.74 Å². The molecule has 0 fully saturated rings. The average Bonchev–Trinajstić information content (AvgIpc) is 2.35. The number of aliphatic hydroxyl groups is 1. The van der Waals surface area contributed by atoms with Gasteiger partial charge in [0.25, 0.3) is 5.91 Å². The van der Waals surface area contributed by atoms with E-state index in [1.165, 1.54) is 0 Å². The van der Waals surface area contributed by atoms with Crippen LogP contribution < -0.4 is 4.74 Å². The zero-order valence-electron chi connectivity index (χ0n) is 12.1. The Bertz CT molecular complexity index is 424. The Morgan fingerprint density at radius 1 is 1.32 bits per heavy atom. The van der Waals surface area contributed by atoms with Gasteiger partial charge in [0.15, 0.2) is 0 Å². The smallest absolute Gasteiger partial charge is 0.257 e. The van der Waals surface area contributed by atoms with Gasteiger partial charge in [0.2, 0.25) is 0 Å². The van der Waals surface area contributed by atoms with Crippen LogP contribution in [0.2, 0.25) is 0 Å². The zero-order chi connectivity index (χ0) is 14.5. The Balaban J connectivity index is 2.97. The molecule has 0 unspecified atom stereocenters. The second-order valence-electron chi connectivity index (χ2n) is 5.06. The molecule has 0 atom stereocenters. The SMILES string of the molecule is CCOc1ccccc1C(=O)N(CC)CC(C)(C)O. The van der Waals surface area contributed by atoms with Crippen LogP contribution in [-0.4, -0.2) is 41.2 Å². The van der Waals surface area contributed by atoms with Crippen molar-refractivity contribution in [2.45, 2.75) is 33.3 Å². The molecule has 4 nitrogen and oxygen atoms in total. The molecular formula is C15H23NO3. The maximum absolute atomic E-state index is 12.5. The van der Waals surface area contributed by atoms with Crippen molar-refractivity contribution in [3.8, 4) is 5.75 Å². The van der Waals surface area contributed by atoms with Gasteiger partial charge in [0, 0.05) is 13.1 Å². The molecule has 0 saturated carbocycles. The predicted molar refractivity (Wildman–Crippen MR) is 75.5 cm³/mol. The summed E-state index contributed by atoms with van der Waals surface area (Å²) in [4.78, 5) is 14.1. The second kappa shape index (κ2) is 6.57. The van der Waals surface area contributed by atoms with E-state index in [0.717, 1.165) is 0 Å². The molecule has 0 radical (unpaired) electrons. The molecule has 1 aromatic carbocycles. The molecule has 1 amide bonds. The van der Waals surface area contributed by atoms with Gasteiger partial charge in [-0.05, 0) is 39.8 Å². The van der Waals surface area contributed by atoms with E-state index in [2.05, 4.69) is 0 Å². The molecule has 1 N–H and O–H groups in total. The minimum Gasteiger partial charge on any atom is -0.493 e. The normalized spacial score (nSPS) is 11.2. The summed E-state index contributed by atoms with van der Waals surface area (Å²) in [6.07, 6.45) is 0. The van der Waals surface area contributed by atoms with Gasteiger partial charge in [-0.25, -0.2) is 0 Å². The monoisotopic (exact) mass is 265 g/mol. The first-order valence-corrected chi connectivity index (χ1v) is 6.62. The first-order valence-electron chi connectivity index (χ1n) is 6.62. The summed E-state index contributed by atoms with van der Waals surface area (Å²) < 4.78 is 5.47. The number of rotatable bonds is 6. The summed E-state index contributed by atoms with van der Waals surface area (Å²) in [5.74, 6) is 0.470. The maximum atomic E-state index is 12.5. The molecule has 0 spiro atoms. The molecule has 19 heavy (non-hydrogen) atoms. The Hall–Kier alpha value is -1.55. The van der Waals surface area contributed by atoms with Gasteiger partial charge in [-0.2, -0.15) is 0 Å². The number of likely N-dealkylation sites (N-methyl/N-ethyl adjacent to an activating group) is 1. The fraction of sp³-hybridized carbons (Fsp3) is 0.533. The van der Waals surface area contributed by atoms with Gasteiger partial charge in [0.05, 0.1) is 17.8 Å². The van der Waals surface area contributed by atoms with E-state index in [1.807, 2.05) is 26.0 Å². The van der Waals surface area contributed by atoms with Crippen LogP contribution in [-0.2, 0) is 0 Å². The Kier molecular flexibility index (Phi) is 5.36. The summed E-state index contributed by atoms with van der Waals surface area (Å²) in [6.45, 7) is 8.52. The van der Waals surface area contributed by atoms with Crippen molar-refractivity contribution in [2.75, 3.05) is 19.7 Å². The van der Waals surface area contributed by atoms with Gasteiger partial charge >= 0.3 is 0 Å². The average molecular weight is 265 g/mol. The molecule has 0 aromatic heterocycles. The summed E-state index contributed by atoms with van der Waals surface area (Å²) in [6, 6.07) is 7.19. The number of nitrogens with zero attached hydrogens (tertiary/aromatic N) is 1. The highest BCUT2D eigenvalue weighted by molar-refractivity contribution is 5.97. The minimum atomic E-state index is -0.910. The molecule has 4 heteroatoms. The fourth-order valence-electron chi connectivity index (χ4n) is 1.89. The quantitative estimate of drug-likeness (QED) is 0.858. The molecule has 0 saturated heterocycles. The lowest BCUT2D eigenvalue weighted by Crippen LogP contribution is -2.42. The lowest BCUT2D eigenvalue weighted by Gasteiger charge is -2.28. The van der Waals surface area contributed by atoms with Crippen molar-refractivity contribution in [1.29, 1.82) is 0 Å².